The van der Waals surface area contributed by atoms with Gasteiger partial charge in [0, 0.05) is 0 Å². The Morgan fingerprint density at radius 2 is 1.79 bits per heavy atom. The largest absolute Gasteiger partial charge is 0.506 e. The van der Waals surface area contributed by atoms with Crippen molar-refractivity contribution in [2.24, 2.45) is 10.2 Å². The van der Waals surface area contributed by atoms with Crippen molar-refractivity contribution in [2.75, 3.05) is 0 Å². The van der Waals surface area contributed by atoms with Crippen molar-refractivity contribution in [2.45, 2.75) is 26.2 Å². The zero-order valence-corrected chi connectivity index (χ0v) is 11.2. The third-order valence-electron chi connectivity index (χ3n) is 3.21. The van der Waals surface area contributed by atoms with Gasteiger partial charge in [-0.1, -0.05) is 38.1 Å². The fraction of sp³-hybridized carbons (Fsp3) is 0.250. The first-order chi connectivity index (χ1) is 9.20. The number of hydrogen-bond donors (Lipinski definition) is 1. The minimum atomic E-state index is 0.159. The smallest absolute Gasteiger partial charge is 0.143 e. The molecule has 0 aromatic heterocycles. The fourth-order valence-electron chi connectivity index (χ4n) is 1.77. The van der Waals surface area contributed by atoms with Crippen molar-refractivity contribution in [3.8, 4) is 5.75 Å². The van der Waals surface area contributed by atoms with Crippen molar-refractivity contribution in [1.82, 2.24) is 0 Å². The third-order valence-corrected chi connectivity index (χ3v) is 3.21. The van der Waals surface area contributed by atoms with Crippen LogP contribution in [0.4, 0.5) is 11.4 Å². The van der Waals surface area contributed by atoms with Gasteiger partial charge in [-0.3, -0.25) is 0 Å². The number of azo groups is 1. The summed E-state index contributed by atoms with van der Waals surface area (Å²) in [7, 11) is 0. The second-order valence-electron chi connectivity index (χ2n) is 4.59. The molecular formula is C16H18N2O. The minimum Gasteiger partial charge on any atom is -0.506 e. The molecule has 1 N–H and O–H groups in total. The number of benzene rings is 2. The van der Waals surface area contributed by atoms with Gasteiger partial charge in [0.2, 0.25) is 0 Å². The summed E-state index contributed by atoms with van der Waals surface area (Å²) < 4.78 is 0. The Morgan fingerprint density at radius 3 is 2.47 bits per heavy atom. The van der Waals surface area contributed by atoms with Gasteiger partial charge in [-0.15, -0.1) is 5.11 Å². The van der Waals surface area contributed by atoms with E-state index >= 15 is 0 Å². The van der Waals surface area contributed by atoms with Crippen molar-refractivity contribution >= 4 is 11.4 Å². The summed E-state index contributed by atoms with van der Waals surface area (Å²) in [5.41, 5.74) is 2.46. The highest BCUT2D eigenvalue weighted by atomic mass is 16.3. The zero-order chi connectivity index (χ0) is 13.7. The summed E-state index contributed by atoms with van der Waals surface area (Å²) in [6, 6.07) is 15.0. The lowest BCUT2D eigenvalue weighted by Gasteiger charge is -2.09. The number of hydrogen-bond acceptors (Lipinski definition) is 3. The molecule has 98 valence electrons. The summed E-state index contributed by atoms with van der Waals surface area (Å²) in [5, 5.41) is 18.1. The summed E-state index contributed by atoms with van der Waals surface area (Å²) in [6.45, 7) is 4.30. The maximum atomic E-state index is 9.81. The van der Waals surface area contributed by atoms with Crippen LogP contribution in [0, 0.1) is 0 Å². The third kappa shape index (κ3) is 3.41. The Morgan fingerprint density at radius 1 is 1.05 bits per heavy atom. The van der Waals surface area contributed by atoms with E-state index in [4.69, 9.17) is 0 Å². The molecule has 0 amide bonds. The molecule has 0 saturated heterocycles. The molecule has 0 aliphatic carbocycles. The Labute approximate surface area is 113 Å². The predicted octanol–water partition coefficient (Wildman–Crippen LogP) is 5.32. The van der Waals surface area contributed by atoms with Crippen LogP contribution in [0.15, 0.2) is 58.8 Å². The molecule has 2 aromatic carbocycles. The van der Waals surface area contributed by atoms with Gasteiger partial charge < -0.3 is 5.11 Å². The molecule has 0 bridgehead atoms. The van der Waals surface area contributed by atoms with E-state index in [0.717, 1.165) is 12.1 Å². The van der Waals surface area contributed by atoms with E-state index in [1.54, 1.807) is 6.07 Å². The lowest BCUT2D eigenvalue weighted by atomic mass is 9.98. The average molecular weight is 254 g/mol. The first-order valence-electron chi connectivity index (χ1n) is 6.50. The standard InChI is InChI=1S/C16H18N2O/c1-3-12(2)13-9-10-16(19)15(11-13)18-17-14-7-5-4-6-8-14/h4-12,19H,3H2,1-2H3. The number of phenolic OH excluding ortho intramolecular Hbond substituents is 1. The highest BCUT2D eigenvalue weighted by Gasteiger charge is 2.07. The monoisotopic (exact) mass is 254 g/mol. The summed E-state index contributed by atoms with van der Waals surface area (Å²) in [4.78, 5) is 0. The van der Waals surface area contributed by atoms with E-state index in [0.29, 0.717) is 11.6 Å². The lowest BCUT2D eigenvalue weighted by molar-refractivity contribution is 0.476. The Hall–Kier alpha value is -2.16. The molecule has 0 aliphatic rings. The first-order valence-corrected chi connectivity index (χ1v) is 6.50. The molecule has 1 atom stereocenters. The van der Waals surface area contributed by atoms with Crippen LogP contribution in [0.3, 0.4) is 0 Å². The van der Waals surface area contributed by atoms with Crippen LogP contribution < -0.4 is 0 Å². The van der Waals surface area contributed by atoms with Crippen LogP contribution in [0.1, 0.15) is 31.7 Å². The van der Waals surface area contributed by atoms with E-state index in [1.165, 1.54) is 5.56 Å². The zero-order valence-electron chi connectivity index (χ0n) is 11.2. The molecule has 3 heteroatoms. The van der Waals surface area contributed by atoms with Crippen molar-refractivity contribution < 1.29 is 5.11 Å². The van der Waals surface area contributed by atoms with Crippen LogP contribution in [-0.4, -0.2) is 5.11 Å². The molecule has 3 nitrogen and oxygen atoms in total. The normalized spacial score (nSPS) is 12.7. The highest BCUT2D eigenvalue weighted by molar-refractivity contribution is 5.53. The first kappa shape index (κ1) is 13.3. The Kier molecular flexibility index (Phi) is 4.29. The molecular weight excluding hydrogens is 236 g/mol. The van der Waals surface area contributed by atoms with E-state index in [1.807, 2.05) is 42.5 Å². The summed E-state index contributed by atoms with van der Waals surface area (Å²) in [6.07, 6.45) is 1.06. The molecule has 0 fully saturated rings. The van der Waals surface area contributed by atoms with Gasteiger partial charge in [0.25, 0.3) is 0 Å². The van der Waals surface area contributed by atoms with Crippen LogP contribution >= 0.6 is 0 Å². The van der Waals surface area contributed by atoms with Gasteiger partial charge in [0.15, 0.2) is 0 Å². The second kappa shape index (κ2) is 6.14. The predicted molar refractivity (Wildman–Crippen MR) is 77.4 cm³/mol. The SMILES string of the molecule is CCC(C)c1ccc(O)c(N=Nc2ccccc2)c1. The summed E-state index contributed by atoms with van der Waals surface area (Å²) >= 11 is 0. The van der Waals surface area contributed by atoms with Gasteiger partial charge in [-0.25, -0.2) is 0 Å². The number of aromatic hydroxyl groups is 1. The molecule has 0 spiro atoms. The molecule has 1 unspecified atom stereocenters. The molecule has 0 heterocycles. The van der Waals surface area contributed by atoms with Crippen LogP contribution in [0.5, 0.6) is 5.75 Å². The number of phenols is 1. The second-order valence-corrected chi connectivity index (χ2v) is 4.59. The molecule has 0 saturated carbocycles. The van der Waals surface area contributed by atoms with Crippen LogP contribution in [0.25, 0.3) is 0 Å². The molecule has 19 heavy (non-hydrogen) atoms. The van der Waals surface area contributed by atoms with E-state index in [2.05, 4.69) is 24.1 Å². The Bertz CT molecular complexity index is 564. The molecule has 0 aliphatic heterocycles. The van der Waals surface area contributed by atoms with Crippen LogP contribution in [0.2, 0.25) is 0 Å². The van der Waals surface area contributed by atoms with Crippen molar-refractivity contribution in [1.29, 1.82) is 0 Å². The van der Waals surface area contributed by atoms with Crippen LogP contribution in [-0.2, 0) is 0 Å². The van der Waals surface area contributed by atoms with Crippen molar-refractivity contribution in [3.63, 3.8) is 0 Å². The average Bonchev–Trinajstić information content (AvgIpc) is 2.46. The lowest BCUT2D eigenvalue weighted by Crippen LogP contribution is -1.90. The number of nitrogens with zero attached hydrogens (tertiary/aromatic N) is 2. The Balaban J connectivity index is 2.27. The van der Waals surface area contributed by atoms with E-state index < -0.39 is 0 Å². The van der Waals surface area contributed by atoms with Crippen molar-refractivity contribution in [3.05, 3.63) is 54.1 Å². The minimum absolute atomic E-state index is 0.159. The molecule has 0 radical (unpaired) electrons. The molecule has 2 aromatic rings. The maximum absolute atomic E-state index is 9.81. The van der Waals surface area contributed by atoms with Gasteiger partial charge >= 0.3 is 0 Å². The van der Waals surface area contributed by atoms with Gasteiger partial charge in [0.05, 0.1) is 5.69 Å². The van der Waals surface area contributed by atoms with E-state index in [9.17, 15) is 5.11 Å². The molecule has 2 rings (SSSR count). The van der Waals surface area contributed by atoms with Gasteiger partial charge in [-0.2, -0.15) is 5.11 Å². The van der Waals surface area contributed by atoms with Gasteiger partial charge in [-0.05, 0) is 42.2 Å². The summed E-state index contributed by atoms with van der Waals surface area (Å²) in [5.74, 6) is 0.609. The quantitative estimate of drug-likeness (QED) is 0.737. The van der Waals surface area contributed by atoms with Gasteiger partial charge in [0.1, 0.15) is 11.4 Å². The maximum Gasteiger partial charge on any atom is 0.143 e. The number of rotatable bonds is 4. The topological polar surface area (TPSA) is 45.0 Å². The van der Waals surface area contributed by atoms with E-state index in [-0.39, 0.29) is 5.75 Å². The fourth-order valence-corrected chi connectivity index (χ4v) is 1.77. The highest BCUT2D eigenvalue weighted by Crippen LogP contribution is 2.32.